The van der Waals surface area contributed by atoms with Crippen molar-refractivity contribution in [1.29, 1.82) is 0 Å². The molecule has 0 aliphatic heterocycles. The Bertz CT molecular complexity index is 346. The first-order valence-corrected chi connectivity index (χ1v) is 4.92. The van der Waals surface area contributed by atoms with E-state index >= 15 is 0 Å². The molecule has 14 heavy (non-hydrogen) atoms. The zero-order valence-electron chi connectivity index (χ0n) is 7.26. The van der Waals surface area contributed by atoms with E-state index in [-0.39, 0.29) is 10.5 Å². The van der Waals surface area contributed by atoms with E-state index in [1.54, 1.807) is 0 Å². The molecule has 0 aliphatic carbocycles. The molecule has 0 saturated heterocycles. The molecule has 0 unspecified atom stereocenters. The summed E-state index contributed by atoms with van der Waals surface area (Å²) in [5, 5.41) is 0. The molecular weight excluding hydrogens is 213 g/mol. The lowest BCUT2D eigenvalue weighted by Gasteiger charge is -2.12. The van der Waals surface area contributed by atoms with Gasteiger partial charge in [0.05, 0.1) is 5.56 Å². The number of carbonyl (C=O) groups excluding carboxylic acids is 1. The minimum atomic E-state index is -4.41. The van der Waals surface area contributed by atoms with Crippen molar-refractivity contribution in [2.75, 3.05) is 6.26 Å². The summed E-state index contributed by atoms with van der Waals surface area (Å²) in [4.78, 5) is 10.5. The van der Waals surface area contributed by atoms with Crippen molar-refractivity contribution < 1.29 is 18.0 Å². The number of aldehydes is 1. The van der Waals surface area contributed by atoms with Gasteiger partial charge in [0.2, 0.25) is 0 Å². The van der Waals surface area contributed by atoms with Gasteiger partial charge in [-0.1, -0.05) is 12.1 Å². The van der Waals surface area contributed by atoms with E-state index in [9.17, 15) is 18.0 Å². The standard InChI is InChI=1S/C9H7F3OS/c1-14-8-6(5-13)3-2-4-7(8)9(10,11)12/h2-5H,1H3. The van der Waals surface area contributed by atoms with Crippen molar-refractivity contribution in [3.63, 3.8) is 0 Å². The molecule has 0 N–H and O–H groups in total. The number of alkyl halides is 3. The van der Waals surface area contributed by atoms with Gasteiger partial charge in [-0.2, -0.15) is 13.2 Å². The van der Waals surface area contributed by atoms with E-state index in [4.69, 9.17) is 0 Å². The van der Waals surface area contributed by atoms with Crippen LogP contribution >= 0.6 is 11.8 Å². The molecule has 0 bridgehead atoms. The predicted octanol–water partition coefficient (Wildman–Crippen LogP) is 3.24. The summed E-state index contributed by atoms with van der Waals surface area (Å²) in [7, 11) is 0. The fraction of sp³-hybridized carbons (Fsp3) is 0.222. The van der Waals surface area contributed by atoms with E-state index in [1.807, 2.05) is 0 Å². The molecule has 5 heteroatoms. The maximum Gasteiger partial charge on any atom is 0.417 e. The summed E-state index contributed by atoms with van der Waals surface area (Å²) in [5.74, 6) is 0. The van der Waals surface area contributed by atoms with Crippen LogP contribution in [0.15, 0.2) is 23.1 Å². The number of hydrogen-bond donors (Lipinski definition) is 0. The van der Waals surface area contributed by atoms with Gasteiger partial charge >= 0.3 is 6.18 Å². The summed E-state index contributed by atoms with van der Waals surface area (Å²) >= 11 is 0.922. The van der Waals surface area contributed by atoms with Crippen LogP contribution in [0.1, 0.15) is 15.9 Å². The summed E-state index contributed by atoms with van der Waals surface area (Å²) in [5.41, 5.74) is -0.679. The molecule has 1 nitrogen and oxygen atoms in total. The molecule has 0 fully saturated rings. The number of benzene rings is 1. The van der Waals surface area contributed by atoms with E-state index in [1.165, 1.54) is 18.4 Å². The number of thioether (sulfide) groups is 1. The number of rotatable bonds is 2. The zero-order chi connectivity index (χ0) is 10.8. The third kappa shape index (κ3) is 2.09. The second-order valence-electron chi connectivity index (χ2n) is 2.54. The van der Waals surface area contributed by atoms with E-state index in [2.05, 4.69) is 0 Å². The van der Waals surface area contributed by atoms with Crippen molar-refractivity contribution in [2.45, 2.75) is 11.1 Å². The molecule has 0 amide bonds. The Hall–Kier alpha value is -0.970. The quantitative estimate of drug-likeness (QED) is 0.562. The van der Waals surface area contributed by atoms with Gasteiger partial charge in [0, 0.05) is 10.5 Å². The highest BCUT2D eigenvalue weighted by molar-refractivity contribution is 7.98. The predicted molar refractivity (Wildman–Crippen MR) is 48.6 cm³/mol. The Morgan fingerprint density at radius 1 is 1.36 bits per heavy atom. The molecule has 1 rings (SSSR count). The van der Waals surface area contributed by atoms with Gasteiger partial charge in [0.1, 0.15) is 0 Å². The molecule has 76 valence electrons. The smallest absolute Gasteiger partial charge is 0.298 e. The Labute approximate surface area is 83.3 Å². The molecule has 1 aromatic carbocycles. The van der Waals surface area contributed by atoms with E-state index in [0.29, 0.717) is 6.29 Å². The number of halogens is 3. The van der Waals surface area contributed by atoms with Crippen LogP contribution < -0.4 is 0 Å². The van der Waals surface area contributed by atoms with Crippen molar-refractivity contribution in [1.82, 2.24) is 0 Å². The third-order valence-electron chi connectivity index (χ3n) is 1.68. The minimum absolute atomic E-state index is 0.0185. The summed E-state index contributed by atoms with van der Waals surface area (Å²) in [6.07, 6.45) is -2.46. The maximum atomic E-state index is 12.4. The third-order valence-corrected chi connectivity index (χ3v) is 2.55. The van der Waals surface area contributed by atoms with Crippen LogP contribution in [-0.2, 0) is 6.18 Å². The van der Waals surface area contributed by atoms with Gasteiger partial charge in [-0.15, -0.1) is 11.8 Å². The molecule has 0 saturated carbocycles. The Morgan fingerprint density at radius 2 is 2.00 bits per heavy atom. The largest absolute Gasteiger partial charge is 0.417 e. The highest BCUT2D eigenvalue weighted by atomic mass is 32.2. The van der Waals surface area contributed by atoms with Gasteiger partial charge < -0.3 is 0 Å². The SMILES string of the molecule is CSc1c(C=O)cccc1C(F)(F)F. The molecular formula is C9H7F3OS. The van der Waals surface area contributed by atoms with Crippen LogP contribution in [-0.4, -0.2) is 12.5 Å². The van der Waals surface area contributed by atoms with Crippen LogP contribution in [0.25, 0.3) is 0 Å². The fourth-order valence-corrected chi connectivity index (χ4v) is 1.85. The molecule has 0 spiro atoms. The Kier molecular flexibility index (Phi) is 3.21. The van der Waals surface area contributed by atoms with Crippen molar-refractivity contribution in [3.05, 3.63) is 29.3 Å². The van der Waals surface area contributed by atoms with E-state index < -0.39 is 11.7 Å². The van der Waals surface area contributed by atoms with Gasteiger partial charge in [0.25, 0.3) is 0 Å². The lowest BCUT2D eigenvalue weighted by molar-refractivity contribution is -0.139. The molecule has 0 heterocycles. The summed E-state index contributed by atoms with van der Waals surface area (Å²) in [6, 6.07) is 3.57. The van der Waals surface area contributed by atoms with Gasteiger partial charge in [0.15, 0.2) is 6.29 Å². The first kappa shape index (κ1) is 11.1. The van der Waals surface area contributed by atoms with Crippen LogP contribution in [0.4, 0.5) is 13.2 Å². The monoisotopic (exact) mass is 220 g/mol. The second kappa shape index (κ2) is 4.04. The van der Waals surface area contributed by atoms with Crippen LogP contribution in [0.2, 0.25) is 0 Å². The Morgan fingerprint density at radius 3 is 2.43 bits per heavy atom. The molecule has 0 atom stereocenters. The van der Waals surface area contributed by atoms with Gasteiger partial charge in [-0.25, -0.2) is 0 Å². The van der Waals surface area contributed by atoms with Crippen LogP contribution in [0.5, 0.6) is 0 Å². The first-order chi connectivity index (χ1) is 6.50. The molecule has 0 aliphatic rings. The summed E-state index contributed by atoms with van der Waals surface area (Å²) in [6.45, 7) is 0. The zero-order valence-corrected chi connectivity index (χ0v) is 8.08. The highest BCUT2D eigenvalue weighted by Crippen LogP contribution is 2.37. The van der Waals surface area contributed by atoms with Gasteiger partial charge in [-0.3, -0.25) is 4.79 Å². The van der Waals surface area contributed by atoms with Crippen molar-refractivity contribution in [2.24, 2.45) is 0 Å². The fourth-order valence-electron chi connectivity index (χ4n) is 1.10. The maximum absolute atomic E-state index is 12.4. The normalized spacial score (nSPS) is 11.4. The average molecular weight is 220 g/mol. The molecule has 1 aromatic rings. The lowest BCUT2D eigenvalue weighted by atomic mass is 10.1. The topological polar surface area (TPSA) is 17.1 Å². The van der Waals surface area contributed by atoms with Crippen molar-refractivity contribution >= 4 is 18.0 Å². The molecule has 0 aromatic heterocycles. The Balaban J connectivity index is 3.36. The highest BCUT2D eigenvalue weighted by Gasteiger charge is 2.33. The first-order valence-electron chi connectivity index (χ1n) is 3.70. The average Bonchev–Trinajstić information content (AvgIpc) is 2.15. The second-order valence-corrected chi connectivity index (χ2v) is 3.36. The van der Waals surface area contributed by atoms with Crippen LogP contribution in [0.3, 0.4) is 0 Å². The van der Waals surface area contributed by atoms with Crippen molar-refractivity contribution in [3.8, 4) is 0 Å². The minimum Gasteiger partial charge on any atom is -0.298 e. The summed E-state index contributed by atoms with van der Waals surface area (Å²) < 4.78 is 37.3. The number of carbonyl (C=O) groups is 1. The van der Waals surface area contributed by atoms with Gasteiger partial charge in [-0.05, 0) is 12.3 Å². The van der Waals surface area contributed by atoms with Crippen LogP contribution in [0, 0.1) is 0 Å². The number of hydrogen-bond acceptors (Lipinski definition) is 2. The lowest BCUT2D eigenvalue weighted by Crippen LogP contribution is -2.08. The molecule has 0 radical (unpaired) electrons. The van der Waals surface area contributed by atoms with E-state index in [0.717, 1.165) is 17.8 Å².